The van der Waals surface area contributed by atoms with Gasteiger partial charge in [-0.1, -0.05) is 47.0 Å². The topological polar surface area (TPSA) is 37.4 Å². The van der Waals surface area contributed by atoms with Crippen LogP contribution in [0.2, 0.25) is 5.02 Å². The van der Waals surface area contributed by atoms with Gasteiger partial charge in [0.05, 0.1) is 22.5 Å². The molecule has 1 heterocycles. The Hall–Kier alpha value is -1.87. The van der Waals surface area contributed by atoms with Gasteiger partial charge in [-0.15, -0.1) is 0 Å². The van der Waals surface area contributed by atoms with Crippen LogP contribution in [-0.4, -0.2) is 11.8 Å². The maximum atomic E-state index is 12.9. The maximum Gasteiger partial charge on any atom is 0.238 e. The number of halogens is 1. The van der Waals surface area contributed by atoms with E-state index in [1.54, 1.807) is 24.3 Å². The lowest BCUT2D eigenvalue weighted by Crippen LogP contribution is -2.33. The molecule has 112 valence electrons. The maximum absolute atomic E-state index is 12.9. The smallest absolute Gasteiger partial charge is 0.238 e. The lowest BCUT2D eigenvalue weighted by atomic mass is 9.85. The van der Waals surface area contributed by atoms with Gasteiger partial charge < -0.3 is 0 Å². The summed E-state index contributed by atoms with van der Waals surface area (Å²) < 4.78 is 0. The van der Waals surface area contributed by atoms with E-state index in [-0.39, 0.29) is 35.5 Å². The fourth-order valence-electron chi connectivity index (χ4n) is 4.30. The molecule has 1 aromatic rings. The number of rotatable bonds is 1. The van der Waals surface area contributed by atoms with Crippen molar-refractivity contribution in [3.8, 4) is 0 Å². The second-order valence-corrected chi connectivity index (χ2v) is 6.81. The van der Waals surface area contributed by atoms with Gasteiger partial charge in [0.15, 0.2) is 0 Å². The van der Waals surface area contributed by atoms with E-state index in [0.717, 1.165) is 0 Å². The van der Waals surface area contributed by atoms with Crippen LogP contribution in [0.25, 0.3) is 0 Å². The number of amides is 2. The molecule has 4 atom stereocenters. The molecule has 2 fully saturated rings. The largest absolute Gasteiger partial charge is 0.274 e. The number of anilines is 1. The third kappa shape index (κ3) is 1.57. The number of imide groups is 1. The molecular formula is C18H16ClNO2. The van der Waals surface area contributed by atoms with Crippen molar-refractivity contribution in [2.24, 2.45) is 23.7 Å². The molecule has 1 aromatic carbocycles. The second kappa shape index (κ2) is 4.56. The number of para-hydroxylation sites is 1. The molecule has 22 heavy (non-hydrogen) atoms. The summed E-state index contributed by atoms with van der Waals surface area (Å²) in [7, 11) is 0. The molecule has 0 aromatic heterocycles. The first kappa shape index (κ1) is 13.8. The summed E-state index contributed by atoms with van der Waals surface area (Å²) in [5.41, 5.74) is 2.99. The van der Waals surface area contributed by atoms with E-state index in [4.69, 9.17) is 11.6 Å². The summed E-state index contributed by atoms with van der Waals surface area (Å²) in [5.74, 6) is -0.599. The number of fused-ring (bicyclic) bond motifs is 5. The van der Waals surface area contributed by atoms with Gasteiger partial charge in [0.2, 0.25) is 11.8 Å². The minimum absolute atomic E-state index is 0.0731. The first-order valence-electron chi connectivity index (χ1n) is 7.50. The minimum Gasteiger partial charge on any atom is -0.274 e. The van der Waals surface area contributed by atoms with Crippen LogP contribution in [0.3, 0.4) is 0 Å². The third-order valence-corrected chi connectivity index (χ3v) is 5.41. The van der Waals surface area contributed by atoms with Crippen molar-refractivity contribution in [3.63, 3.8) is 0 Å². The van der Waals surface area contributed by atoms with Crippen molar-refractivity contribution in [2.45, 2.75) is 13.8 Å². The quantitative estimate of drug-likeness (QED) is 0.587. The molecule has 2 bridgehead atoms. The molecule has 1 saturated heterocycles. The zero-order chi connectivity index (χ0) is 15.6. The highest BCUT2D eigenvalue weighted by Gasteiger charge is 2.62. The highest BCUT2D eigenvalue weighted by Crippen LogP contribution is 2.57. The Bertz CT molecular complexity index is 726. The molecule has 4 heteroatoms. The fourth-order valence-corrected chi connectivity index (χ4v) is 4.52. The first-order chi connectivity index (χ1) is 10.5. The van der Waals surface area contributed by atoms with Crippen molar-refractivity contribution in [2.75, 3.05) is 4.90 Å². The van der Waals surface area contributed by atoms with Crippen molar-refractivity contribution < 1.29 is 9.59 Å². The molecule has 4 unspecified atom stereocenters. The number of hydrogen-bond acceptors (Lipinski definition) is 2. The van der Waals surface area contributed by atoms with E-state index in [0.29, 0.717) is 10.7 Å². The Morgan fingerprint density at radius 1 is 1.00 bits per heavy atom. The summed E-state index contributed by atoms with van der Waals surface area (Å²) in [5, 5.41) is 0.437. The average Bonchev–Trinajstić information content (AvgIpc) is 3.11. The van der Waals surface area contributed by atoms with Gasteiger partial charge in [0, 0.05) is 11.8 Å². The van der Waals surface area contributed by atoms with Gasteiger partial charge in [0.1, 0.15) is 0 Å². The molecule has 4 rings (SSSR count). The van der Waals surface area contributed by atoms with Crippen molar-refractivity contribution in [1.82, 2.24) is 0 Å². The van der Waals surface area contributed by atoms with Crippen LogP contribution in [0.4, 0.5) is 5.69 Å². The van der Waals surface area contributed by atoms with Crippen LogP contribution in [-0.2, 0) is 9.59 Å². The Balaban J connectivity index is 1.80. The molecule has 0 radical (unpaired) electrons. The molecule has 2 amide bonds. The van der Waals surface area contributed by atoms with Crippen LogP contribution < -0.4 is 4.90 Å². The molecule has 2 aliphatic carbocycles. The molecule has 0 spiro atoms. The van der Waals surface area contributed by atoms with Crippen LogP contribution in [0.15, 0.2) is 47.6 Å². The average molecular weight is 314 g/mol. The SMILES string of the molecule is CC(C)=C1C2C=CC1C1C(=O)N(c3ccccc3Cl)C(=O)C21. The highest BCUT2D eigenvalue weighted by atomic mass is 35.5. The normalized spacial score (nSPS) is 32.1. The van der Waals surface area contributed by atoms with Crippen molar-refractivity contribution in [3.05, 3.63) is 52.6 Å². The third-order valence-electron chi connectivity index (χ3n) is 5.09. The molecular weight excluding hydrogens is 298 g/mol. The zero-order valence-electron chi connectivity index (χ0n) is 12.4. The highest BCUT2D eigenvalue weighted by molar-refractivity contribution is 6.36. The Morgan fingerprint density at radius 2 is 1.55 bits per heavy atom. The summed E-state index contributed by atoms with van der Waals surface area (Å²) in [6, 6.07) is 7.03. The van der Waals surface area contributed by atoms with E-state index in [1.165, 1.54) is 16.0 Å². The number of allylic oxidation sites excluding steroid dienone is 4. The number of benzene rings is 1. The van der Waals surface area contributed by atoms with Gasteiger partial charge in [-0.2, -0.15) is 0 Å². The van der Waals surface area contributed by atoms with Crippen LogP contribution in [0.1, 0.15) is 13.8 Å². The molecule has 3 nitrogen and oxygen atoms in total. The van der Waals surface area contributed by atoms with E-state index in [2.05, 4.69) is 26.0 Å². The van der Waals surface area contributed by atoms with Gasteiger partial charge in [-0.05, 0) is 26.0 Å². The summed E-state index contributed by atoms with van der Waals surface area (Å²) in [6.07, 6.45) is 4.19. The van der Waals surface area contributed by atoms with Crippen molar-refractivity contribution in [1.29, 1.82) is 0 Å². The van der Waals surface area contributed by atoms with Gasteiger partial charge >= 0.3 is 0 Å². The Labute approximate surface area is 134 Å². The lowest BCUT2D eigenvalue weighted by molar-refractivity contribution is -0.122. The van der Waals surface area contributed by atoms with Crippen molar-refractivity contribution >= 4 is 29.1 Å². The van der Waals surface area contributed by atoms with Gasteiger partial charge in [-0.25, -0.2) is 4.90 Å². The predicted molar refractivity (Wildman–Crippen MR) is 85.4 cm³/mol. The van der Waals surface area contributed by atoms with E-state index >= 15 is 0 Å². The Morgan fingerprint density at radius 3 is 2.05 bits per heavy atom. The summed E-state index contributed by atoms with van der Waals surface area (Å²) >= 11 is 6.19. The van der Waals surface area contributed by atoms with Crippen LogP contribution >= 0.6 is 11.6 Å². The van der Waals surface area contributed by atoms with Crippen LogP contribution in [0.5, 0.6) is 0 Å². The molecule has 1 aliphatic heterocycles. The number of carbonyl (C=O) groups excluding carboxylic acids is 2. The van der Waals surface area contributed by atoms with E-state index in [1.807, 2.05) is 0 Å². The number of nitrogens with zero attached hydrogens (tertiary/aromatic N) is 1. The molecule has 3 aliphatic rings. The van der Waals surface area contributed by atoms with Crippen LogP contribution in [0, 0.1) is 23.7 Å². The van der Waals surface area contributed by atoms with E-state index in [9.17, 15) is 9.59 Å². The van der Waals surface area contributed by atoms with Gasteiger partial charge in [0.25, 0.3) is 0 Å². The fraction of sp³-hybridized carbons (Fsp3) is 0.333. The monoisotopic (exact) mass is 313 g/mol. The summed E-state index contributed by atoms with van der Waals surface area (Å²) in [4.78, 5) is 27.1. The second-order valence-electron chi connectivity index (χ2n) is 6.41. The standard InChI is InChI=1S/C18H16ClNO2/c1-9(2)14-10-7-8-11(14)16-15(10)17(21)20(18(16)22)13-6-4-3-5-12(13)19/h3-8,10-11,15-16H,1-2H3. The van der Waals surface area contributed by atoms with E-state index < -0.39 is 0 Å². The molecule has 0 N–H and O–H groups in total. The Kier molecular flexibility index (Phi) is 2.85. The predicted octanol–water partition coefficient (Wildman–Crippen LogP) is 3.60. The first-order valence-corrected chi connectivity index (χ1v) is 7.88. The van der Waals surface area contributed by atoms with Gasteiger partial charge in [-0.3, -0.25) is 9.59 Å². The summed E-state index contributed by atoms with van der Waals surface area (Å²) in [6.45, 7) is 4.12. The number of carbonyl (C=O) groups is 2. The minimum atomic E-state index is -0.260. The zero-order valence-corrected chi connectivity index (χ0v) is 13.2. The lowest BCUT2D eigenvalue weighted by Gasteiger charge is -2.20. The molecule has 1 saturated carbocycles. The number of hydrogen-bond donors (Lipinski definition) is 0.